The number of aryl methyl sites for hydroxylation is 2. The standard InChI is InChI=1S/C16H23N3O2/c1-11-3-4-12(2)14(9-11)18-16(21)10-19(13-5-6-13)8-7-15(17)20/h3-4,9,13H,5-8,10H2,1-2H3,(H2,17,20)(H,18,21). The highest BCUT2D eigenvalue weighted by atomic mass is 16.2. The summed E-state index contributed by atoms with van der Waals surface area (Å²) < 4.78 is 0. The summed E-state index contributed by atoms with van der Waals surface area (Å²) in [5, 5.41) is 2.96. The van der Waals surface area contributed by atoms with Gasteiger partial charge in [-0.25, -0.2) is 0 Å². The lowest BCUT2D eigenvalue weighted by Crippen LogP contribution is -2.37. The van der Waals surface area contributed by atoms with E-state index in [4.69, 9.17) is 5.73 Å². The maximum absolute atomic E-state index is 12.2. The van der Waals surface area contributed by atoms with Gasteiger partial charge in [-0.3, -0.25) is 14.5 Å². The number of anilines is 1. The van der Waals surface area contributed by atoms with E-state index in [0.717, 1.165) is 29.7 Å². The normalized spacial score (nSPS) is 14.2. The van der Waals surface area contributed by atoms with E-state index in [1.54, 1.807) is 0 Å². The number of nitrogens with one attached hydrogen (secondary N) is 1. The van der Waals surface area contributed by atoms with Crippen LogP contribution in [0, 0.1) is 13.8 Å². The van der Waals surface area contributed by atoms with Gasteiger partial charge in [0.25, 0.3) is 0 Å². The van der Waals surface area contributed by atoms with Crippen LogP contribution >= 0.6 is 0 Å². The van der Waals surface area contributed by atoms with Gasteiger partial charge in [-0.15, -0.1) is 0 Å². The average molecular weight is 289 g/mol. The lowest BCUT2D eigenvalue weighted by atomic mass is 10.1. The van der Waals surface area contributed by atoms with Crippen molar-refractivity contribution in [1.29, 1.82) is 0 Å². The lowest BCUT2D eigenvalue weighted by molar-refractivity contribution is -0.120. The van der Waals surface area contributed by atoms with Crippen LogP contribution in [0.1, 0.15) is 30.4 Å². The van der Waals surface area contributed by atoms with Crippen LogP contribution < -0.4 is 11.1 Å². The molecule has 5 nitrogen and oxygen atoms in total. The lowest BCUT2D eigenvalue weighted by Gasteiger charge is -2.21. The van der Waals surface area contributed by atoms with Gasteiger partial charge in [0, 0.05) is 24.7 Å². The summed E-state index contributed by atoms with van der Waals surface area (Å²) in [6, 6.07) is 6.41. The van der Waals surface area contributed by atoms with E-state index in [1.165, 1.54) is 0 Å². The molecule has 0 aromatic heterocycles. The minimum Gasteiger partial charge on any atom is -0.370 e. The Kier molecular flexibility index (Phi) is 4.96. The summed E-state index contributed by atoms with van der Waals surface area (Å²) in [7, 11) is 0. The van der Waals surface area contributed by atoms with Crippen molar-refractivity contribution >= 4 is 17.5 Å². The minimum atomic E-state index is -0.324. The highest BCUT2D eigenvalue weighted by Crippen LogP contribution is 2.26. The molecule has 0 heterocycles. The first kappa shape index (κ1) is 15.5. The number of amides is 2. The first-order valence-electron chi connectivity index (χ1n) is 7.35. The van der Waals surface area contributed by atoms with Crippen LogP contribution in [0.25, 0.3) is 0 Å². The van der Waals surface area contributed by atoms with Crippen molar-refractivity contribution in [2.45, 2.75) is 39.2 Å². The Hall–Kier alpha value is -1.88. The molecular formula is C16H23N3O2. The highest BCUT2D eigenvalue weighted by molar-refractivity contribution is 5.93. The molecule has 2 rings (SSSR count). The fourth-order valence-corrected chi connectivity index (χ4v) is 2.33. The molecule has 114 valence electrons. The molecule has 0 aliphatic heterocycles. The van der Waals surface area contributed by atoms with Crippen molar-refractivity contribution in [3.05, 3.63) is 29.3 Å². The molecule has 0 spiro atoms. The van der Waals surface area contributed by atoms with Crippen LogP contribution in [-0.4, -0.2) is 35.8 Å². The third kappa shape index (κ3) is 4.86. The molecule has 0 unspecified atom stereocenters. The highest BCUT2D eigenvalue weighted by Gasteiger charge is 2.30. The van der Waals surface area contributed by atoms with Crippen LogP contribution in [0.15, 0.2) is 18.2 Å². The summed E-state index contributed by atoms with van der Waals surface area (Å²) in [5.74, 6) is -0.365. The van der Waals surface area contributed by atoms with Gasteiger partial charge < -0.3 is 11.1 Å². The van der Waals surface area contributed by atoms with Crippen LogP contribution in [0.2, 0.25) is 0 Å². The van der Waals surface area contributed by atoms with E-state index < -0.39 is 0 Å². The fraction of sp³-hybridized carbons (Fsp3) is 0.500. The SMILES string of the molecule is Cc1ccc(C)c(NC(=O)CN(CCC(N)=O)C2CC2)c1. The summed E-state index contributed by atoms with van der Waals surface area (Å²) in [4.78, 5) is 25.1. The quantitative estimate of drug-likeness (QED) is 0.800. The second-order valence-corrected chi connectivity index (χ2v) is 5.78. The Morgan fingerprint density at radius 1 is 1.33 bits per heavy atom. The van der Waals surface area contributed by atoms with Crippen molar-refractivity contribution in [3.63, 3.8) is 0 Å². The van der Waals surface area contributed by atoms with Crippen molar-refractivity contribution in [1.82, 2.24) is 4.90 Å². The van der Waals surface area contributed by atoms with Crippen molar-refractivity contribution in [2.75, 3.05) is 18.4 Å². The third-order valence-corrected chi connectivity index (χ3v) is 3.72. The largest absolute Gasteiger partial charge is 0.370 e. The fourth-order valence-electron chi connectivity index (χ4n) is 2.33. The molecule has 2 amide bonds. The summed E-state index contributed by atoms with van der Waals surface area (Å²) in [6.07, 6.45) is 2.48. The summed E-state index contributed by atoms with van der Waals surface area (Å²) in [6.45, 7) is 4.84. The van der Waals surface area contributed by atoms with Gasteiger partial charge in [-0.1, -0.05) is 12.1 Å². The maximum Gasteiger partial charge on any atom is 0.238 e. The number of nitrogens with two attached hydrogens (primary N) is 1. The monoisotopic (exact) mass is 289 g/mol. The molecule has 0 atom stereocenters. The van der Waals surface area contributed by atoms with Crippen LogP contribution in [0.5, 0.6) is 0 Å². The maximum atomic E-state index is 12.2. The third-order valence-electron chi connectivity index (χ3n) is 3.72. The van der Waals surface area contributed by atoms with E-state index in [0.29, 0.717) is 25.6 Å². The van der Waals surface area contributed by atoms with E-state index in [2.05, 4.69) is 5.32 Å². The minimum absolute atomic E-state index is 0.0416. The topological polar surface area (TPSA) is 75.4 Å². The molecule has 5 heteroatoms. The average Bonchev–Trinajstić information content (AvgIpc) is 3.23. The van der Waals surface area contributed by atoms with Gasteiger partial charge in [-0.05, 0) is 43.9 Å². The van der Waals surface area contributed by atoms with Crippen LogP contribution in [0.4, 0.5) is 5.69 Å². The van der Waals surface area contributed by atoms with Crippen LogP contribution in [-0.2, 0) is 9.59 Å². The molecule has 0 saturated heterocycles. The number of benzene rings is 1. The zero-order valence-corrected chi connectivity index (χ0v) is 12.7. The zero-order valence-electron chi connectivity index (χ0n) is 12.7. The number of carbonyl (C=O) groups is 2. The van der Waals surface area contributed by atoms with Crippen molar-refractivity contribution in [3.8, 4) is 0 Å². The second-order valence-electron chi connectivity index (χ2n) is 5.78. The van der Waals surface area contributed by atoms with Crippen LogP contribution in [0.3, 0.4) is 0 Å². The number of carbonyl (C=O) groups excluding carboxylic acids is 2. The number of hydrogen-bond acceptors (Lipinski definition) is 3. The molecular weight excluding hydrogens is 266 g/mol. The number of nitrogens with zero attached hydrogens (tertiary/aromatic N) is 1. The molecule has 1 aromatic rings. The predicted octanol–water partition coefficient (Wildman–Crippen LogP) is 1.58. The predicted molar refractivity (Wildman–Crippen MR) is 83.0 cm³/mol. The molecule has 0 radical (unpaired) electrons. The smallest absolute Gasteiger partial charge is 0.238 e. The number of rotatable bonds is 7. The molecule has 1 aliphatic carbocycles. The van der Waals surface area contributed by atoms with E-state index in [1.807, 2.05) is 36.9 Å². The van der Waals surface area contributed by atoms with Gasteiger partial charge in [0.05, 0.1) is 6.54 Å². The van der Waals surface area contributed by atoms with E-state index in [9.17, 15) is 9.59 Å². The Bertz CT molecular complexity index is 538. The van der Waals surface area contributed by atoms with Gasteiger partial charge in [0.1, 0.15) is 0 Å². The van der Waals surface area contributed by atoms with Crippen molar-refractivity contribution in [2.24, 2.45) is 5.73 Å². The molecule has 1 saturated carbocycles. The summed E-state index contributed by atoms with van der Waals surface area (Å²) in [5.41, 5.74) is 8.20. The molecule has 1 aliphatic rings. The molecule has 1 aromatic carbocycles. The van der Waals surface area contributed by atoms with Gasteiger partial charge in [-0.2, -0.15) is 0 Å². The van der Waals surface area contributed by atoms with E-state index >= 15 is 0 Å². The Balaban J connectivity index is 1.92. The number of hydrogen-bond donors (Lipinski definition) is 2. The number of primary amides is 1. The first-order valence-corrected chi connectivity index (χ1v) is 7.35. The zero-order chi connectivity index (χ0) is 15.4. The molecule has 1 fully saturated rings. The first-order chi connectivity index (χ1) is 9.95. The Labute approximate surface area is 125 Å². The second kappa shape index (κ2) is 6.72. The molecule has 0 bridgehead atoms. The van der Waals surface area contributed by atoms with Gasteiger partial charge >= 0.3 is 0 Å². The van der Waals surface area contributed by atoms with Crippen molar-refractivity contribution < 1.29 is 9.59 Å². The molecule has 21 heavy (non-hydrogen) atoms. The Morgan fingerprint density at radius 3 is 2.67 bits per heavy atom. The molecule has 3 N–H and O–H groups in total. The van der Waals surface area contributed by atoms with E-state index in [-0.39, 0.29) is 11.8 Å². The summed E-state index contributed by atoms with van der Waals surface area (Å²) >= 11 is 0. The van der Waals surface area contributed by atoms with Gasteiger partial charge in [0.15, 0.2) is 0 Å². The Morgan fingerprint density at radius 2 is 2.05 bits per heavy atom. The van der Waals surface area contributed by atoms with Gasteiger partial charge in [0.2, 0.25) is 11.8 Å².